The van der Waals surface area contributed by atoms with Crippen LogP contribution in [0.4, 0.5) is 0 Å². The van der Waals surface area contributed by atoms with Crippen LogP contribution in [0.5, 0.6) is 0 Å². The van der Waals surface area contributed by atoms with Crippen LogP contribution in [-0.2, 0) is 6.42 Å². The van der Waals surface area contributed by atoms with Gasteiger partial charge >= 0.3 is 0 Å². The fourth-order valence-corrected chi connectivity index (χ4v) is 1.71. The van der Waals surface area contributed by atoms with Crippen LogP contribution in [0.25, 0.3) is 0 Å². The third-order valence-electron chi connectivity index (χ3n) is 2.18. The molecule has 1 nitrogen and oxygen atoms in total. The maximum absolute atomic E-state index is 5.92. The van der Waals surface area contributed by atoms with E-state index in [4.69, 9.17) is 28.9 Å². The van der Waals surface area contributed by atoms with Gasteiger partial charge in [0, 0.05) is 6.04 Å². The third-order valence-corrected chi connectivity index (χ3v) is 2.90. The molecule has 0 fully saturated rings. The lowest BCUT2D eigenvalue weighted by atomic mass is 9.99. The van der Waals surface area contributed by atoms with Crippen molar-refractivity contribution in [2.75, 3.05) is 0 Å². The van der Waals surface area contributed by atoms with Gasteiger partial charge in [-0.3, -0.25) is 0 Å². The van der Waals surface area contributed by atoms with Crippen LogP contribution in [0.15, 0.2) is 24.8 Å². The van der Waals surface area contributed by atoms with Crippen LogP contribution in [0.3, 0.4) is 0 Å². The molecule has 1 atom stereocenters. The van der Waals surface area contributed by atoms with Gasteiger partial charge in [0.05, 0.1) is 10.0 Å². The fraction of sp³-hybridized carbons (Fsp3) is 0.273. The van der Waals surface area contributed by atoms with Crippen LogP contribution in [0.2, 0.25) is 10.0 Å². The zero-order valence-corrected chi connectivity index (χ0v) is 9.57. The molecule has 0 aliphatic heterocycles. The Morgan fingerprint density at radius 3 is 2.50 bits per heavy atom. The second kappa shape index (κ2) is 4.83. The van der Waals surface area contributed by atoms with E-state index in [0.29, 0.717) is 10.0 Å². The minimum absolute atomic E-state index is 0.181. The van der Waals surface area contributed by atoms with Crippen LogP contribution in [0, 0.1) is 0 Å². The van der Waals surface area contributed by atoms with Crippen molar-refractivity contribution in [3.63, 3.8) is 0 Å². The van der Waals surface area contributed by atoms with Crippen molar-refractivity contribution in [3.8, 4) is 0 Å². The van der Waals surface area contributed by atoms with E-state index in [2.05, 4.69) is 13.5 Å². The predicted octanol–water partition coefficient (Wildman–Crippen LogP) is 3.74. The number of hydrogen-bond acceptors (Lipinski definition) is 1. The average molecular weight is 230 g/mol. The molecule has 0 unspecified atom stereocenters. The van der Waals surface area contributed by atoms with Gasteiger partial charge in [0.25, 0.3) is 0 Å². The van der Waals surface area contributed by atoms with E-state index in [9.17, 15) is 0 Å². The molecule has 1 aromatic carbocycles. The van der Waals surface area contributed by atoms with E-state index in [-0.39, 0.29) is 6.04 Å². The molecule has 2 N–H and O–H groups in total. The summed E-state index contributed by atoms with van der Waals surface area (Å²) in [7, 11) is 0. The summed E-state index contributed by atoms with van der Waals surface area (Å²) in [5, 5.41) is 1.11. The first-order valence-corrected chi connectivity index (χ1v) is 5.21. The van der Waals surface area contributed by atoms with E-state index in [1.54, 1.807) is 6.08 Å². The Balaban J connectivity index is 3.26. The second-order valence-electron chi connectivity index (χ2n) is 3.08. The highest BCUT2D eigenvalue weighted by atomic mass is 35.5. The zero-order valence-electron chi connectivity index (χ0n) is 8.06. The highest BCUT2D eigenvalue weighted by molar-refractivity contribution is 6.42. The Kier molecular flexibility index (Phi) is 3.99. The lowest BCUT2D eigenvalue weighted by Gasteiger charge is -2.13. The van der Waals surface area contributed by atoms with Crippen LogP contribution in [0.1, 0.15) is 24.1 Å². The maximum Gasteiger partial charge on any atom is 0.0595 e. The molecule has 1 aromatic rings. The summed E-state index contributed by atoms with van der Waals surface area (Å²) in [6.07, 6.45) is 2.58. The molecule has 76 valence electrons. The summed E-state index contributed by atoms with van der Waals surface area (Å²) in [5.74, 6) is 0. The van der Waals surface area contributed by atoms with Crippen LogP contribution >= 0.6 is 23.2 Å². The molecule has 0 radical (unpaired) electrons. The molecule has 3 heteroatoms. The van der Waals surface area contributed by atoms with Gasteiger partial charge in [-0.2, -0.15) is 0 Å². The minimum atomic E-state index is -0.181. The average Bonchev–Trinajstić information content (AvgIpc) is 2.20. The van der Waals surface area contributed by atoms with E-state index in [1.807, 2.05) is 12.1 Å². The number of benzene rings is 1. The van der Waals surface area contributed by atoms with Gasteiger partial charge in [-0.1, -0.05) is 36.2 Å². The Morgan fingerprint density at radius 1 is 1.43 bits per heavy atom. The van der Waals surface area contributed by atoms with Gasteiger partial charge in [-0.15, -0.1) is 6.58 Å². The predicted molar refractivity (Wildman–Crippen MR) is 63.0 cm³/mol. The van der Waals surface area contributed by atoms with E-state index in [1.165, 1.54) is 0 Å². The summed E-state index contributed by atoms with van der Waals surface area (Å²) in [4.78, 5) is 0. The van der Waals surface area contributed by atoms with Crippen LogP contribution in [-0.4, -0.2) is 0 Å². The lowest BCUT2D eigenvalue weighted by Crippen LogP contribution is -2.09. The van der Waals surface area contributed by atoms with Crippen LogP contribution < -0.4 is 5.73 Å². The Labute approximate surface area is 94.5 Å². The van der Waals surface area contributed by atoms with Crippen molar-refractivity contribution in [2.45, 2.75) is 19.4 Å². The quantitative estimate of drug-likeness (QED) is 0.786. The molecule has 0 aromatic heterocycles. The molecule has 0 saturated heterocycles. The SMILES string of the molecule is C=C[C@@H](N)c1cc(Cl)c(Cl)cc1CC. The Hall–Kier alpha value is -0.500. The number of halogens is 2. The van der Waals surface area contributed by atoms with Crippen molar-refractivity contribution < 1.29 is 0 Å². The Bertz CT molecular complexity index is 347. The molecular formula is C11H13Cl2N. The molecule has 14 heavy (non-hydrogen) atoms. The second-order valence-corrected chi connectivity index (χ2v) is 3.89. The van der Waals surface area contributed by atoms with Crippen molar-refractivity contribution >= 4 is 23.2 Å². The van der Waals surface area contributed by atoms with Crippen molar-refractivity contribution in [2.24, 2.45) is 5.73 Å². The topological polar surface area (TPSA) is 26.0 Å². The normalized spacial score (nSPS) is 12.6. The first-order valence-electron chi connectivity index (χ1n) is 4.46. The Morgan fingerprint density at radius 2 is 2.00 bits per heavy atom. The maximum atomic E-state index is 5.92. The molecule has 0 heterocycles. The monoisotopic (exact) mass is 229 g/mol. The third kappa shape index (κ3) is 2.30. The van der Waals surface area contributed by atoms with Gasteiger partial charge in [-0.05, 0) is 29.7 Å². The first kappa shape index (κ1) is 11.6. The molecule has 0 amide bonds. The van der Waals surface area contributed by atoms with Gasteiger partial charge in [0.2, 0.25) is 0 Å². The van der Waals surface area contributed by atoms with Gasteiger partial charge in [-0.25, -0.2) is 0 Å². The molecular weight excluding hydrogens is 217 g/mol. The van der Waals surface area contributed by atoms with Crippen molar-refractivity contribution in [1.29, 1.82) is 0 Å². The summed E-state index contributed by atoms with van der Waals surface area (Å²) in [6.45, 7) is 5.72. The van der Waals surface area contributed by atoms with E-state index in [0.717, 1.165) is 17.5 Å². The molecule has 0 bridgehead atoms. The summed E-state index contributed by atoms with van der Waals surface area (Å²) in [6, 6.07) is 3.50. The van der Waals surface area contributed by atoms with Crippen molar-refractivity contribution in [1.82, 2.24) is 0 Å². The number of rotatable bonds is 3. The van der Waals surface area contributed by atoms with E-state index >= 15 is 0 Å². The molecule has 0 aliphatic rings. The zero-order chi connectivity index (χ0) is 10.7. The minimum Gasteiger partial charge on any atom is -0.321 e. The number of hydrogen-bond donors (Lipinski definition) is 1. The highest BCUT2D eigenvalue weighted by Gasteiger charge is 2.10. The summed E-state index contributed by atoms with van der Waals surface area (Å²) >= 11 is 11.8. The summed E-state index contributed by atoms with van der Waals surface area (Å²) < 4.78 is 0. The highest BCUT2D eigenvalue weighted by Crippen LogP contribution is 2.29. The molecule has 0 spiro atoms. The molecule has 1 rings (SSSR count). The van der Waals surface area contributed by atoms with Gasteiger partial charge < -0.3 is 5.73 Å². The smallest absolute Gasteiger partial charge is 0.0595 e. The summed E-state index contributed by atoms with van der Waals surface area (Å²) in [5.41, 5.74) is 7.98. The fourth-order valence-electron chi connectivity index (χ4n) is 1.35. The number of nitrogens with two attached hydrogens (primary N) is 1. The molecule has 0 aliphatic carbocycles. The largest absolute Gasteiger partial charge is 0.321 e. The van der Waals surface area contributed by atoms with E-state index < -0.39 is 0 Å². The van der Waals surface area contributed by atoms with Gasteiger partial charge in [0.15, 0.2) is 0 Å². The standard InChI is InChI=1S/C11H13Cl2N/c1-3-7-5-9(12)10(13)6-8(7)11(14)4-2/h4-6,11H,2-3,14H2,1H3/t11-/m1/s1. The molecule has 0 saturated carbocycles. The number of aryl methyl sites for hydroxylation is 1. The van der Waals surface area contributed by atoms with Gasteiger partial charge in [0.1, 0.15) is 0 Å². The van der Waals surface area contributed by atoms with Crippen molar-refractivity contribution in [3.05, 3.63) is 46.0 Å². The first-order chi connectivity index (χ1) is 6.60. The lowest BCUT2D eigenvalue weighted by molar-refractivity contribution is 0.886.